The van der Waals surface area contributed by atoms with Crippen LogP contribution in [0, 0.1) is 0 Å². The van der Waals surface area contributed by atoms with E-state index < -0.39 is 12.1 Å². The Labute approximate surface area is 132 Å². The van der Waals surface area contributed by atoms with Gasteiger partial charge in [0.05, 0.1) is 12.0 Å². The molecule has 0 heterocycles. The molecule has 2 aromatic rings. The first-order chi connectivity index (χ1) is 10.7. The summed E-state index contributed by atoms with van der Waals surface area (Å²) in [4.78, 5) is 23.7. The maximum absolute atomic E-state index is 11.5. The molecule has 0 spiro atoms. The number of hydrogen-bond acceptors (Lipinski definition) is 5. The molecule has 1 N–H and O–H groups in total. The second-order valence-electron chi connectivity index (χ2n) is 4.27. The standard InChI is InChI=1S/C16H15NO4S/c18-15(21-22-14-9-5-2-6-10-14)11-17-16(19)20-12-13-7-3-1-4-8-13/h1-10H,11-12H2,(H,17,19). The van der Waals surface area contributed by atoms with Crippen molar-refractivity contribution in [2.45, 2.75) is 11.5 Å². The summed E-state index contributed by atoms with van der Waals surface area (Å²) in [5.74, 6) is -0.550. The molecule has 0 aromatic heterocycles. The van der Waals surface area contributed by atoms with Crippen LogP contribution in [0.15, 0.2) is 65.6 Å². The van der Waals surface area contributed by atoms with Crippen LogP contribution in [0.4, 0.5) is 4.79 Å². The average Bonchev–Trinajstić information content (AvgIpc) is 2.58. The molecule has 0 unspecified atom stereocenters. The van der Waals surface area contributed by atoms with Crippen LogP contribution in [0.3, 0.4) is 0 Å². The third-order valence-corrected chi connectivity index (χ3v) is 3.30. The van der Waals surface area contributed by atoms with E-state index >= 15 is 0 Å². The lowest BCUT2D eigenvalue weighted by molar-refractivity contribution is -0.132. The zero-order chi connectivity index (χ0) is 15.6. The van der Waals surface area contributed by atoms with Gasteiger partial charge in [-0.05, 0) is 17.7 Å². The van der Waals surface area contributed by atoms with Crippen molar-refractivity contribution < 1.29 is 18.5 Å². The third-order valence-electron chi connectivity index (χ3n) is 2.56. The Morgan fingerprint density at radius 3 is 2.27 bits per heavy atom. The van der Waals surface area contributed by atoms with Crippen molar-refractivity contribution in [3.63, 3.8) is 0 Å². The topological polar surface area (TPSA) is 64.6 Å². The van der Waals surface area contributed by atoms with E-state index in [1.54, 1.807) is 0 Å². The molecular formula is C16H15NO4S. The van der Waals surface area contributed by atoms with Crippen LogP contribution in [0.5, 0.6) is 0 Å². The minimum absolute atomic E-state index is 0.153. The van der Waals surface area contributed by atoms with Crippen molar-refractivity contribution in [2.24, 2.45) is 0 Å². The van der Waals surface area contributed by atoms with Crippen molar-refractivity contribution in [1.82, 2.24) is 5.32 Å². The maximum atomic E-state index is 11.5. The lowest BCUT2D eigenvalue weighted by Gasteiger charge is -2.06. The van der Waals surface area contributed by atoms with E-state index in [1.165, 1.54) is 0 Å². The van der Waals surface area contributed by atoms with Crippen LogP contribution in [0.2, 0.25) is 0 Å². The number of amides is 1. The summed E-state index contributed by atoms with van der Waals surface area (Å²) in [5.41, 5.74) is 0.875. The number of rotatable bonds is 6. The SMILES string of the molecule is O=C(CNC(=O)OCc1ccccc1)OSc1ccccc1. The van der Waals surface area contributed by atoms with Crippen molar-refractivity contribution >= 4 is 24.1 Å². The maximum Gasteiger partial charge on any atom is 0.407 e. The summed E-state index contributed by atoms with van der Waals surface area (Å²) in [7, 11) is 0. The highest BCUT2D eigenvalue weighted by Gasteiger charge is 2.08. The first-order valence-electron chi connectivity index (χ1n) is 6.61. The van der Waals surface area contributed by atoms with Crippen LogP contribution < -0.4 is 5.32 Å². The molecule has 0 saturated heterocycles. The van der Waals surface area contributed by atoms with Gasteiger partial charge in [-0.1, -0.05) is 48.5 Å². The summed E-state index contributed by atoms with van der Waals surface area (Å²) in [6.07, 6.45) is -0.662. The molecule has 0 fully saturated rings. The van der Waals surface area contributed by atoms with Gasteiger partial charge in [-0.3, -0.25) is 0 Å². The fourth-order valence-electron chi connectivity index (χ4n) is 1.52. The fraction of sp³-hybridized carbons (Fsp3) is 0.125. The van der Waals surface area contributed by atoms with Gasteiger partial charge in [-0.25, -0.2) is 9.59 Å². The van der Waals surface area contributed by atoms with E-state index in [4.69, 9.17) is 8.92 Å². The number of ether oxygens (including phenoxy) is 1. The second-order valence-corrected chi connectivity index (χ2v) is 5.07. The number of benzene rings is 2. The highest BCUT2D eigenvalue weighted by atomic mass is 32.2. The summed E-state index contributed by atoms with van der Waals surface area (Å²) >= 11 is 0.949. The van der Waals surface area contributed by atoms with Gasteiger partial charge in [0, 0.05) is 4.90 Å². The predicted molar refractivity (Wildman–Crippen MR) is 83.0 cm³/mol. The molecule has 0 aliphatic carbocycles. The second kappa shape index (κ2) is 8.74. The van der Waals surface area contributed by atoms with Gasteiger partial charge in [0.15, 0.2) is 0 Å². The summed E-state index contributed by atoms with van der Waals surface area (Å²) in [6.45, 7) is -0.0893. The van der Waals surface area contributed by atoms with Crippen molar-refractivity contribution in [1.29, 1.82) is 0 Å². The zero-order valence-electron chi connectivity index (χ0n) is 11.7. The molecule has 0 bridgehead atoms. The first-order valence-corrected chi connectivity index (χ1v) is 7.35. The molecule has 2 aromatic carbocycles. The molecular weight excluding hydrogens is 302 g/mol. The molecule has 0 radical (unpaired) electrons. The molecule has 6 heteroatoms. The molecule has 0 saturated carbocycles. The summed E-state index contributed by atoms with van der Waals surface area (Å²) < 4.78 is 9.93. The molecule has 1 amide bonds. The quantitative estimate of drug-likeness (QED) is 0.829. The van der Waals surface area contributed by atoms with Gasteiger partial charge in [-0.15, -0.1) is 0 Å². The molecule has 0 atom stereocenters. The van der Waals surface area contributed by atoms with E-state index in [1.807, 2.05) is 60.7 Å². The third kappa shape index (κ3) is 5.88. The smallest absolute Gasteiger partial charge is 0.407 e. The number of hydrogen-bond donors (Lipinski definition) is 1. The Morgan fingerprint density at radius 1 is 0.955 bits per heavy atom. The largest absolute Gasteiger partial charge is 0.445 e. The Kier molecular flexibility index (Phi) is 6.32. The molecule has 22 heavy (non-hydrogen) atoms. The lowest BCUT2D eigenvalue weighted by Crippen LogP contribution is -2.30. The Bertz CT molecular complexity index is 549. The van der Waals surface area contributed by atoms with E-state index in [9.17, 15) is 9.59 Å². The minimum Gasteiger partial charge on any atom is -0.445 e. The minimum atomic E-state index is -0.662. The van der Waals surface area contributed by atoms with Crippen molar-refractivity contribution in [3.8, 4) is 0 Å². The number of alkyl carbamates (subject to hydrolysis) is 1. The van der Waals surface area contributed by atoms with Gasteiger partial charge >= 0.3 is 12.1 Å². The molecule has 5 nitrogen and oxygen atoms in total. The molecule has 0 aliphatic heterocycles. The molecule has 114 valence electrons. The molecule has 0 aliphatic rings. The number of carbonyl (C=O) groups excluding carboxylic acids is 2. The summed E-state index contributed by atoms with van der Waals surface area (Å²) in [6, 6.07) is 18.5. The van der Waals surface area contributed by atoms with Crippen LogP contribution in [0.25, 0.3) is 0 Å². The van der Waals surface area contributed by atoms with Gasteiger partial charge in [0.2, 0.25) is 0 Å². The van der Waals surface area contributed by atoms with Gasteiger partial charge in [0.1, 0.15) is 13.2 Å². The molecule has 2 rings (SSSR count). The monoisotopic (exact) mass is 317 g/mol. The average molecular weight is 317 g/mol. The Balaban J connectivity index is 1.62. The zero-order valence-corrected chi connectivity index (χ0v) is 12.5. The van der Waals surface area contributed by atoms with E-state index in [2.05, 4.69) is 5.32 Å². The lowest BCUT2D eigenvalue weighted by atomic mass is 10.2. The van der Waals surface area contributed by atoms with Gasteiger partial charge < -0.3 is 14.2 Å². The first kappa shape index (κ1) is 15.9. The van der Waals surface area contributed by atoms with E-state index in [0.29, 0.717) is 0 Å². The highest BCUT2D eigenvalue weighted by Crippen LogP contribution is 2.17. The predicted octanol–water partition coefficient (Wildman–Crippen LogP) is 3.16. The van der Waals surface area contributed by atoms with Crippen LogP contribution in [-0.4, -0.2) is 18.6 Å². The Hall–Kier alpha value is -2.47. The number of nitrogens with one attached hydrogen (secondary N) is 1. The Morgan fingerprint density at radius 2 is 1.59 bits per heavy atom. The van der Waals surface area contributed by atoms with Crippen LogP contribution >= 0.6 is 12.0 Å². The van der Waals surface area contributed by atoms with Crippen LogP contribution in [-0.2, 0) is 20.3 Å². The van der Waals surface area contributed by atoms with Gasteiger partial charge in [0.25, 0.3) is 0 Å². The highest BCUT2D eigenvalue weighted by molar-refractivity contribution is 7.95. The number of carbonyl (C=O) groups is 2. The van der Waals surface area contributed by atoms with Crippen LogP contribution in [0.1, 0.15) is 5.56 Å². The van der Waals surface area contributed by atoms with E-state index in [-0.39, 0.29) is 13.2 Å². The van der Waals surface area contributed by atoms with Gasteiger partial charge in [-0.2, -0.15) is 0 Å². The van der Waals surface area contributed by atoms with Crippen molar-refractivity contribution in [2.75, 3.05) is 6.54 Å². The normalized spacial score (nSPS) is 9.82. The van der Waals surface area contributed by atoms with Crippen molar-refractivity contribution in [3.05, 3.63) is 66.2 Å². The fourth-order valence-corrected chi connectivity index (χ4v) is 2.03. The van der Waals surface area contributed by atoms with E-state index in [0.717, 1.165) is 22.5 Å². The summed E-state index contributed by atoms with van der Waals surface area (Å²) in [5, 5.41) is 2.34.